The number of nitrogens with one attached hydrogen (secondary N) is 1. The molecular formula is C13H20N4O3. The van der Waals surface area contributed by atoms with Crippen LogP contribution in [0.4, 0.5) is 0 Å². The van der Waals surface area contributed by atoms with E-state index >= 15 is 0 Å². The number of carboxylic acids is 1. The van der Waals surface area contributed by atoms with E-state index in [0.717, 1.165) is 25.7 Å². The molecule has 0 radical (unpaired) electrons. The van der Waals surface area contributed by atoms with Crippen LogP contribution in [0.1, 0.15) is 61.6 Å². The standard InChI is InChI=1S/C13H20N4O3/c1-8(2)12-11(13(19)20)15-16-17(12)7-10(18)14-9-5-3-4-6-9/h8-9H,3-7H2,1-2H3,(H,14,18)(H,19,20). The molecule has 0 unspecified atom stereocenters. The van der Waals surface area contributed by atoms with Crippen molar-refractivity contribution in [1.29, 1.82) is 0 Å². The second kappa shape index (κ2) is 6.02. The van der Waals surface area contributed by atoms with Crippen molar-refractivity contribution < 1.29 is 14.7 Å². The molecule has 7 heteroatoms. The smallest absolute Gasteiger partial charge is 0.358 e. The Labute approximate surface area is 117 Å². The zero-order valence-corrected chi connectivity index (χ0v) is 11.8. The molecule has 0 aromatic carbocycles. The molecule has 2 N–H and O–H groups in total. The first-order valence-corrected chi connectivity index (χ1v) is 6.95. The molecule has 1 saturated carbocycles. The van der Waals surface area contributed by atoms with Crippen LogP contribution in [0, 0.1) is 0 Å². The molecule has 0 saturated heterocycles. The predicted octanol–water partition coefficient (Wildman–Crippen LogP) is 1.16. The fourth-order valence-electron chi connectivity index (χ4n) is 2.64. The van der Waals surface area contributed by atoms with E-state index in [1.165, 1.54) is 4.68 Å². The Kier molecular flexibility index (Phi) is 4.36. The van der Waals surface area contributed by atoms with Crippen LogP contribution in [-0.2, 0) is 11.3 Å². The summed E-state index contributed by atoms with van der Waals surface area (Å²) < 4.78 is 1.39. The van der Waals surface area contributed by atoms with Crippen LogP contribution in [0.2, 0.25) is 0 Å². The molecule has 0 atom stereocenters. The molecule has 1 heterocycles. The van der Waals surface area contributed by atoms with Crippen molar-refractivity contribution in [2.45, 2.75) is 58.0 Å². The molecule has 1 aliphatic carbocycles. The van der Waals surface area contributed by atoms with E-state index in [1.807, 2.05) is 13.8 Å². The number of aromatic nitrogens is 3. The van der Waals surface area contributed by atoms with Crippen molar-refractivity contribution in [1.82, 2.24) is 20.3 Å². The Morgan fingerprint density at radius 1 is 1.40 bits per heavy atom. The Bertz CT molecular complexity index is 504. The third-order valence-corrected chi connectivity index (χ3v) is 3.54. The Balaban J connectivity index is 2.08. The number of carboxylic acid groups (broad SMARTS) is 1. The maximum absolute atomic E-state index is 12.0. The molecule has 110 valence electrons. The van der Waals surface area contributed by atoms with Crippen molar-refractivity contribution in [3.8, 4) is 0 Å². The van der Waals surface area contributed by atoms with E-state index in [9.17, 15) is 9.59 Å². The van der Waals surface area contributed by atoms with E-state index < -0.39 is 5.97 Å². The average Bonchev–Trinajstić information content (AvgIpc) is 2.97. The molecule has 2 rings (SSSR count). The molecule has 1 aromatic rings. The highest BCUT2D eigenvalue weighted by atomic mass is 16.4. The molecule has 1 amide bonds. The van der Waals surface area contributed by atoms with Gasteiger partial charge in [0.1, 0.15) is 6.54 Å². The molecule has 1 aliphatic rings. The number of aromatic carboxylic acids is 1. The Hall–Kier alpha value is -1.92. The third kappa shape index (κ3) is 3.15. The summed E-state index contributed by atoms with van der Waals surface area (Å²) in [6, 6.07) is 0.243. The summed E-state index contributed by atoms with van der Waals surface area (Å²) in [6.07, 6.45) is 4.32. The summed E-state index contributed by atoms with van der Waals surface area (Å²) in [5.74, 6) is -1.31. The second-order valence-corrected chi connectivity index (χ2v) is 5.49. The first-order chi connectivity index (χ1) is 9.49. The largest absolute Gasteiger partial charge is 0.476 e. The maximum Gasteiger partial charge on any atom is 0.358 e. The highest BCUT2D eigenvalue weighted by Crippen LogP contribution is 2.19. The van der Waals surface area contributed by atoms with Crippen molar-refractivity contribution in [3.05, 3.63) is 11.4 Å². The van der Waals surface area contributed by atoms with Crippen molar-refractivity contribution in [2.75, 3.05) is 0 Å². The highest BCUT2D eigenvalue weighted by molar-refractivity contribution is 5.86. The fraction of sp³-hybridized carbons (Fsp3) is 0.692. The van der Waals surface area contributed by atoms with E-state index in [1.54, 1.807) is 0 Å². The Morgan fingerprint density at radius 2 is 2.05 bits per heavy atom. The SMILES string of the molecule is CC(C)c1c(C(=O)O)nnn1CC(=O)NC1CCCC1. The van der Waals surface area contributed by atoms with E-state index in [0.29, 0.717) is 5.69 Å². The van der Waals surface area contributed by atoms with Crippen LogP contribution in [0.25, 0.3) is 0 Å². The zero-order chi connectivity index (χ0) is 14.7. The number of hydrogen-bond acceptors (Lipinski definition) is 4. The lowest BCUT2D eigenvalue weighted by molar-refractivity contribution is -0.122. The first kappa shape index (κ1) is 14.5. The summed E-state index contributed by atoms with van der Waals surface area (Å²) in [5.41, 5.74) is 0.410. The highest BCUT2D eigenvalue weighted by Gasteiger charge is 2.23. The van der Waals surface area contributed by atoms with Crippen LogP contribution in [-0.4, -0.2) is 38.0 Å². The van der Waals surface area contributed by atoms with Crippen molar-refractivity contribution >= 4 is 11.9 Å². The number of nitrogens with zero attached hydrogens (tertiary/aromatic N) is 3. The van der Waals surface area contributed by atoms with Crippen LogP contribution >= 0.6 is 0 Å². The van der Waals surface area contributed by atoms with Gasteiger partial charge in [-0.3, -0.25) is 4.79 Å². The second-order valence-electron chi connectivity index (χ2n) is 5.49. The van der Waals surface area contributed by atoms with Gasteiger partial charge in [-0.05, 0) is 18.8 Å². The third-order valence-electron chi connectivity index (χ3n) is 3.54. The summed E-state index contributed by atoms with van der Waals surface area (Å²) >= 11 is 0. The number of hydrogen-bond donors (Lipinski definition) is 2. The van der Waals surface area contributed by atoms with Gasteiger partial charge in [0.2, 0.25) is 5.91 Å². The lowest BCUT2D eigenvalue weighted by Crippen LogP contribution is -2.35. The van der Waals surface area contributed by atoms with E-state index in [4.69, 9.17) is 5.11 Å². The first-order valence-electron chi connectivity index (χ1n) is 6.95. The van der Waals surface area contributed by atoms with Gasteiger partial charge in [-0.1, -0.05) is 31.9 Å². The van der Waals surface area contributed by atoms with Gasteiger partial charge >= 0.3 is 5.97 Å². The summed E-state index contributed by atoms with van der Waals surface area (Å²) in [6.45, 7) is 3.73. The average molecular weight is 280 g/mol. The van der Waals surface area contributed by atoms with Gasteiger partial charge in [-0.15, -0.1) is 5.10 Å². The molecule has 0 aliphatic heterocycles. The van der Waals surface area contributed by atoms with E-state index in [2.05, 4.69) is 15.6 Å². The van der Waals surface area contributed by atoms with E-state index in [-0.39, 0.29) is 30.1 Å². The molecule has 0 bridgehead atoms. The predicted molar refractivity (Wildman–Crippen MR) is 71.5 cm³/mol. The van der Waals surface area contributed by atoms with Crippen LogP contribution in [0.3, 0.4) is 0 Å². The van der Waals surface area contributed by atoms with Gasteiger partial charge in [0.05, 0.1) is 5.69 Å². The van der Waals surface area contributed by atoms with Gasteiger partial charge in [0.15, 0.2) is 5.69 Å². The normalized spacial score (nSPS) is 15.8. The summed E-state index contributed by atoms with van der Waals surface area (Å²) in [5, 5.41) is 19.5. The Morgan fingerprint density at radius 3 is 2.60 bits per heavy atom. The van der Waals surface area contributed by atoms with Crippen LogP contribution < -0.4 is 5.32 Å². The molecule has 1 fully saturated rings. The maximum atomic E-state index is 12.0. The van der Waals surface area contributed by atoms with Crippen molar-refractivity contribution in [3.63, 3.8) is 0 Å². The summed E-state index contributed by atoms with van der Waals surface area (Å²) in [4.78, 5) is 23.1. The van der Waals surface area contributed by atoms with Crippen LogP contribution in [0.15, 0.2) is 0 Å². The van der Waals surface area contributed by atoms with Gasteiger partial charge in [-0.2, -0.15) is 0 Å². The minimum Gasteiger partial charge on any atom is -0.476 e. The lowest BCUT2D eigenvalue weighted by atomic mass is 10.1. The van der Waals surface area contributed by atoms with Gasteiger partial charge in [-0.25, -0.2) is 9.48 Å². The fourth-order valence-corrected chi connectivity index (χ4v) is 2.64. The van der Waals surface area contributed by atoms with Gasteiger partial charge in [0, 0.05) is 6.04 Å². The topological polar surface area (TPSA) is 97.1 Å². The lowest BCUT2D eigenvalue weighted by Gasteiger charge is -2.13. The molecule has 7 nitrogen and oxygen atoms in total. The monoisotopic (exact) mass is 280 g/mol. The molecule has 20 heavy (non-hydrogen) atoms. The molecule has 1 aromatic heterocycles. The van der Waals surface area contributed by atoms with Crippen molar-refractivity contribution in [2.24, 2.45) is 0 Å². The number of carbonyl (C=O) groups is 2. The van der Waals surface area contributed by atoms with Gasteiger partial charge < -0.3 is 10.4 Å². The quantitative estimate of drug-likeness (QED) is 0.843. The minimum absolute atomic E-state index is 0.0181. The summed E-state index contributed by atoms with van der Waals surface area (Å²) in [7, 11) is 0. The number of amides is 1. The van der Waals surface area contributed by atoms with Crippen LogP contribution in [0.5, 0.6) is 0 Å². The number of carbonyl (C=O) groups excluding carboxylic acids is 1. The molecular weight excluding hydrogens is 260 g/mol. The zero-order valence-electron chi connectivity index (χ0n) is 11.8. The molecule has 0 spiro atoms. The minimum atomic E-state index is -1.11. The van der Waals surface area contributed by atoms with Gasteiger partial charge in [0.25, 0.3) is 0 Å². The number of rotatable bonds is 5.